The van der Waals surface area contributed by atoms with Crippen molar-refractivity contribution in [2.24, 2.45) is 11.8 Å². The van der Waals surface area contributed by atoms with Gasteiger partial charge in [-0.25, -0.2) is 0 Å². The molecule has 0 spiro atoms. The van der Waals surface area contributed by atoms with Crippen LogP contribution in [-0.4, -0.2) is 11.7 Å². The Morgan fingerprint density at radius 2 is 2.30 bits per heavy atom. The first-order valence-corrected chi connectivity index (χ1v) is 4.35. The predicted molar refractivity (Wildman–Crippen MR) is 42.2 cm³/mol. The van der Waals surface area contributed by atoms with Crippen LogP contribution in [0, 0.1) is 11.8 Å². The van der Waals surface area contributed by atoms with Crippen molar-refractivity contribution in [2.45, 2.75) is 26.2 Å². The number of hydrogen-bond acceptors (Lipinski definition) is 1. The molecule has 2 atom stereocenters. The summed E-state index contributed by atoms with van der Waals surface area (Å²) in [6.07, 6.45) is 3.07. The maximum Gasteiger partial charge on any atom is 0.147 e. The van der Waals surface area contributed by atoms with Crippen molar-refractivity contribution in [2.75, 3.05) is 5.88 Å². The first kappa shape index (κ1) is 8.06. The van der Waals surface area contributed by atoms with E-state index in [-0.39, 0.29) is 11.7 Å². The minimum atomic E-state index is 0.195. The SMILES string of the molecule is C[C@@H]1C[C@H]1CCC(=O)CCl. The molecule has 0 aromatic heterocycles. The zero-order chi connectivity index (χ0) is 7.56. The molecule has 1 saturated carbocycles. The Morgan fingerprint density at radius 3 is 2.70 bits per heavy atom. The van der Waals surface area contributed by atoms with Gasteiger partial charge in [-0.3, -0.25) is 4.79 Å². The van der Waals surface area contributed by atoms with Gasteiger partial charge in [0.1, 0.15) is 5.78 Å². The van der Waals surface area contributed by atoms with Gasteiger partial charge >= 0.3 is 0 Å². The Morgan fingerprint density at radius 1 is 1.70 bits per heavy atom. The largest absolute Gasteiger partial charge is 0.298 e. The van der Waals surface area contributed by atoms with Crippen molar-refractivity contribution in [1.29, 1.82) is 0 Å². The average Bonchev–Trinajstić information content (AvgIpc) is 2.61. The van der Waals surface area contributed by atoms with Crippen LogP contribution in [0.2, 0.25) is 0 Å². The summed E-state index contributed by atoms with van der Waals surface area (Å²) in [5.74, 6) is 2.08. The Kier molecular flexibility index (Phi) is 2.72. The molecule has 0 radical (unpaired) electrons. The number of rotatable bonds is 4. The molecule has 0 aromatic rings. The van der Waals surface area contributed by atoms with Crippen LogP contribution >= 0.6 is 11.6 Å². The molecule has 0 amide bonds. The highest BCUT2D eigenvalue weighted by Gasteiger charge is 2.31. The van der Waals surface area contributed by atoms with E-state index >= 15 is 0 Å². The lowest BCUT2D eigenvalue weighted by atomic mass is 10.1. The summed E-state index contributed by atoms with van der Waals surface area (Å²) >= 11 is 5.34. The standard InChI is InChI=1S/C8H13ClO/c1-6-4-7(6)2-3-8(10)5-9/h6-7H,2-5H2,1H3/t6-,7-/m1/s1. The molecule has 1 fully saturated rings. The molecular formula is C8H13ClO. The van der Waals surface area contributed by atoms with Crippen LogP contribution in [0.5, 0.6) is 0 Å². The molecule has 2 heteroatoms. The summed E-state index contributed by atoms with van der Waals surface area (Å²) < 4.78 is 0. The lowest BCUT2D eigenvalue weighted by Gasteiger charge is -1.93. The normalized spacial score (nSPS) is 30.2. The summed E-state index contributed by atoms with van der Waals surface area (Å²) in [6, 6.07) is 0. The highest BCUT2D eigenvalue weighted by molar-refractivity contribution is 6.27. The van der Waals surface area contributed by atoms with Gasteiger partial charge in [0.05, 0.1) is 5.88 Å². The third kappa shape index (κ3) is 2.30. The molecule has 0 unspecified atom stereocenters. The maximum absolute atomic E-state index is 10.7. The molecule has 0 aromatic carbocycles. The van der Waals surface area contributed by atoms with Gasteiger partial charge in [-0.05, 0) is 24.7 Å². The zero-order valence-electron chi connectivity index (χ0n) is 6.27. The smallest absolute Gasteiger partial charge is 0.147 e. The average molecular weight is 161 g/mol. The molecule has 0 bridgehead atoms. The number of Topliss-reactive ketones (excluding diaryl/α,β-unsaturated/α-hetero) is 1. The van der Waals surface area contributed by atoms with E-state index in [1.807, 2.05) is 0 Å². The Hall–Kier alpha value is -0.0400. The number of hydrogen-bond donors (Lipinski definition) is 0. The van der Waals surface area contributed by atoms with Gasteiger partial charge in [0, 0.05) is 6.42 Å². The summed E-state index contributed by atoms with van der Waals surface area (Å²) in [6.45, 7) is 2.23. The minimum absolute atomic E-state index is 0.195. The lowest BCUT2D eigenvalue weighted by molar-refractivity contribution is -0.116. The second-order valence-corrected chi connectivity index (χ2v) is 3.45. The van der Waals surface area contributed by atoms with Crippen LogP contribution in [0.15, 0.2) is 0 Å². The molecule has 0 N–H and O–H groups in total. The van der Waals surface area contributed by atoms with Gasteiger partial charge in [0.25, 0.3) is 0 Å². The van der Waals surface area contributed by atoms with Gasteiger partial charge < -0.3 is 0 Å². The fourth-order valence-corrected chi connectivity index (χ4v) is 1.35. The van der Waals surface area contributed by atoms with Gasteiger partial charge in [-0.2, -0.15) is 0 Å². The minimum Gasteiger partial charge on any atom is -0.298 e. The van der Waals surface area contributed by atoms with Crippen molar-refractivity contribution < 1.29 is 4.79 Å². The van der Waals surface area contributed by atoms with Crippen LogP contribution in [0.4, 0.5) is 0 Å². The van der Waals surface area contributed by atoms with Gasteiger partial charge in [0.15, 0.2) is 0 Å². The second kappa shape index (κ2) is 3.38. The van der Waals surface area contributed by atoms with Crippen molar-refractivity contribution >= 4 is 17.4 Å². The van der Waals surface area contributed by atoms with E-state index in [4.69, 9.17) is 11.6 Å². The van der Waals surface area contributed by atoms with E-state index in [1.54, 1.807) is 0 Å². The number of carbonyl (C=O) groups excluding carboxylic acids is 1. The Balaban J connectivity index is 2.00. The summed E-state index contributed by atoms with van der Waals surface area (Å²) in [4.78, 5) is 10.7. The van der Waals surface area contributed by atoms with Crippen LogP contribution in [0.25, 0.3) is 0 Å². The van der Waals surface area contributed by atoms with Gasteiger partial charge in [-0.15, -0.1) is 11.6 Å². The third-order valence-electron chi connectivity index (χ3n) is 2.22. The van der Waals surface area contributed by atoms with Crippen molar-refractivity contribution in [3.8, 4) is 0 Å². The molecule has 10 heavy (non-hydrogen) atoms. The Bertz CT molecular complexity index is 133. The first-order valence-electron chi connectivity index (χ1n) is 3.81. The molecule has 1 aliphatic rings. The first-order chi connectivity index (χ1) is 4.74. The number of carbonyl (C=O) groups is 1. The quantitative estimate of drug-likeness (QED) is 0.577. The monoisotopic (exact) mass is 160 g/mol. The van der Waals surface area contributed by atoms with Crippen LogP contribution in [0.1, 0.15) is 26.2 Å². The molecule has 58 valence electrons. The second-order valence-electron chi connectivity index (χ2n) is 3.18. The number of halogens is 1. The van der Waals surface area contributed by atoms with Crippen LogP contribution in [0.3, 0.4) is 0 Å². The molecular weight excluding hydrogens is 148 g/mol. The fraction of sp³-hybridized carbons (Fsp3) is 0.875. The highest BCUT2D eigenvalue weighted by Crippen LogP contribution is 2.41. The molecule has 1 rings (SSSR count). The predicted octanol–water partition coefficient (Wildman–Crippen LogP) is 2.23. The maximum atomic E-state index is 10.7. The van der Waals surface area contributed by atoms with Crippen LogP contribution in [-0.2, 0) is 4.79 Å². The van der Waals surface area contributed by atoms with E-state index in [2.05, 4.69) is 6.92 Å². The van der Waals surface area contributed by atoms with Crippen molar-refractivity contribution in [3.05, 3.63) is 0 Å². The van der Waals surface area contributed by atoms with Gasteiger partial charge in [0.2, 0.25) is 0 Å². The molecule has 0 saturated heterocycles. The zero-order valence-corrected chi connectivity index (χ0v) is 7.03. The summed E-state index contributed by atoms with van der Waals surface area (Å²) in [5, 5.41) is 0. The van der Waals surface area contributed by atoms with E-state index in [1.165, 1.54) is 6.42 Å². The highest BCUT2D eigenvalue weighted by atomic mass is 35.5. The van der Waals surface area contributed by atoms with Gasteiger partial charge in [-0.1, -0.05) is 6.92 Å². The Labute approximate surface area is 66.8 Å². The molecule has 1 aliphatic carbocycles. The number of alkyl halides is 1. The van der Waals surface area contributed by atoms with Crippen molar-refractivity contribution in [1.82, 2.24) is 0 Å². The lowest BCUT2D eigenvalue weighted by Crippen LogP contribution is -1.99. The van der Waals surface area contributed by atoms with E-state index in [0.717, 1.165) is 18.3 Å². The van der Waals surface area contributed by atoms with E-state index in [9.17, 15) is 4.79 Å². The van der Waals surface area contributed by atoms with E-state index < -0.39 is 0 Å². The van der Waals surface area contributed by atoms with Crippen molar-refractivity contribution in [3.63, 3.8) is 0 Å². The summed E-state index contributed by atoms with van der Waals surface area (Å²) in [5.41, 5.74) is 0. The van der Waals surface area contributed by atoms with E-state index in [0.29, 0.717) is 6.42 Å². The molecule has 0 aliphatic heterocycles. The fourth-order valence-electron chi connectivity index (χ4n) is 1.21. The molecule has 1 nitrogen and oxygen atoms in total. The molecule has 0 heterocycles. The topological polar surface area (TPSA) is 17.1 Å². The van der Waals surface area contributed by atoms with Crippen LogP contribution < -0.4 is 0 Å². The third-order valence-corrected chi connectivity index (χ3v) is 2.52. The summed E-state index contributed by atoms with van der Waals surface area (Å²) in [7, 11) is 0. The number of ketones is 1.